The molecule has 3 aromatic heterocycles. The Labute approximate surface area is 461 Å². The first kappa shape index (κ1) is 56.0. The van der Waals surface area contributed by atoms with Crippen LogP contribution in [0.25, 0.3) is 40.0 Å². The molecule has 0 fully saturated rings. The highest BCUT2D eigenvalue weighted by Gasteiger charge is 2.30. The summed E-state index contributed by atoms with van der Waals surface area (Å²) in [4.78, 5) is 19.0. The first-order valence-electron chi connectivity index (χ1n) is 20.4. The smallest absolute Gasteiger partial charge is 0.0849 e. The average molecular weight is 1440 g/mol. The van der Waals surface area contributed by atoms with Crippen LogP contribution in [0.1, 0.15) is 67.3 Å². The lowest BCUT2D eigenvalue weighted by molar-refractivity contribution is 0.635. The van der Waals surface area contributed by atoms with Crippen molar-refractivity contribution in [2.24, 2.45) is 0 Å². The van der Waals surface area contributed by atoms with E-state index in [9.17, 15) is 17.6 Å². The van der Waals surface area contributed by atoms with E-state index in [0.29, 0.717) is 54.4 Å². The van der Waals surface area contributed by atoms with Gasteiger partial charge in [-0.2, -0.15) is 0 Å². The van der Waals surface area contributed by atoms with Crippen LogP contribution in [0.2, 0.25) is 0 Å². The lowest BCUT2D eigenvalue weighted by Crippen LogP contribution is -1.99. The summed E-state index contributed by atoms with van der Waals surface area (Å²) in [5.41, 5.74) is 15.7. The molecule has 5 heterocycles. The monoisotopic (exact) mass is 1430 g/mol. The normalized spacial score (nSPS) is 11.6. The highest BCUT2D eigenvalue weighted by atomic mass is 79.9. The van der Waals surface area contributed by atoms with Crippen molar-refractivity contribution in [3.63, 3.8) is 0 Å². The Kier molecular flexibility index (Phi) is 22.2. The lowest BCUT2D eigenvalue weighted by Gasteiger charge is -2.08. The number of H-pyrrole nitrogens is 2. The van der Waals surface area contributed by atoms with Gasteiger partial charge in [0, 0.05) is 47.9 Å². The average Bonchev–Trinajstić information content (AvgIpc) is 4.07. The Bertz CT molecular complexity index is 2910. The molecule has 2 aliphatic rings. The predicted octanol–water partition coefficient (Wildman–Crippen LogP) is 19.3. The third kappa shape index (κ3) is 12.2. The van der Waals surface area contributed by atoms with Crippen molar-refractivity contribution < 1.29 is 17.6 Å². The number of aromatic nitrogens is 4. The molecule has 4 aromatic carbocycles. The molecule has 0 amide bonds. The summed E-state index contributed by atoms with van der Waals surface area (Å²) in [6.45, 7) is 0. The SMILES string of the molecule is BrC1=C(Br)c2nc1c(Cc1ccccc1)c1nc(c(Cc3ccccc3)c3[nH]c(c(Br)c3Br)c(Cc3ccccc3)c3[nH]c(c(Br)c3Br)c2Cc2ccccc2)C(Br)=C1Br.CF.CF.CF.CF. The molecule has 2 aliphatic heterocycles. The van der Waals surface area contributed by atoms with E-state index in [1.165, 1.54) is 5.56 Å². The fourth-order valence-electron chi connectivity index (χ4n) is 7.74. The van der Waals surface area contributed by atoms with Gasteiger partial charge in [-0.3, -0.25) is 17.6 Å². The molecule has 0 atom stereocenters. The summed E-state index contributed by atoms with van der Waals surface area (Å²) in [5.74, 6) is 0. The molecule has 0 unspecified atom stereocenters. The molecular weight excluding hydrogens is 1400 g/mol. The van der Waals surface area contributed by atoms with Crippen molar-refractivity contribution in [1.29, 1.82) is 0 Å². The number of alkyl halides is 4. The third-order valence-corrected chi connectivity index (χ3v) is 19.1. The largest absolute Gasteiger partial charge is 0.353 e. The molecule has 0 radical (unpaired) electrons. The summed E-state index contributed by atoms with van der Waals surface area (Å²) in [7, 11) is 2.00. The van der Waals surface area contributed by atoms with Crippen molar-refractivity contribution in [3.05, 3.63) is 207 Å². The molecule has 354 valence electrons. The van der Waals surface area contributed by atoms with Gasteiger partial charge in [0.05, 0.1) is 109 Å². The molecule has 2 N–H and O–H groups in total. The second-order valence-corrected chi connectivity index (χ2v) is 20.8. The fourth-order valence-corrected chi connectivity index (χ4v) is 11.9. The Balaban J connectivity index is 0.00000103. The summed E-state index contributed by atoms with van der Waals surface area (Å²) >= 11 is 32.5. The standard InChI is InChI=1S/C48H30Br8N4.4CH3F/c49-33-35(51)43-30(22-26-15-7-2-8-16-26)45-37(53)39(55)47(59-45)32(24-28-19-11-4-12-20-28)48-40(56)38(54)46(60-48)31(23-27-17-9-3-10-18-27)44-36(52)34(50)42(58-44)29(41(33)57-43)21-25-13-5-1-6-14-25;4*1-2/h1-20,57-58H,21-24H2;4*1H3. The lowest BCUT2D eigenvalue weighted by atomic mass is 10.0. The van der Waals surface area contributed by atoms with Crippen molar-refractivity contribution in [3.8, 4) is 0 Å². The van der Waals surface area contributed by atoms with Crippen molar-refractivity contribution in [1.82, 2.24) is 19.9 Å². The quantitative estimate of drug-likeness (QED) is 0.149. The van der Waals surface area contributed by atoms with Crippen LogP contribution in [0, 0.1) is 0 Å². The molecule has 7 aromatic rings. The van der Waals surface area contributed by atoms with Gasteiger partial charge in [-0.15, -0.1) is 0 Å². The van der Waals surface area contributed by atoms with E-state index >= 15 is 0 Å². The summed E-state index contributed by atoms with van der Waals surface area (Å²) in [5, 5.41) is 0. The van der Waals surface area contributed by atoms with Gasteiger partial charge in [0.1, 0.15) is 0 Å². The minimum Gasteiger partial charge on any atom is -0.353 e. The second kappa shape index (κ2) is 27.0. The molecule has 0 saturated heterocycles. The van der Waals surface area contributed by atoms with Gasteiger partial charge in [-0.05, 0) is 150 Å². The topological polar surface area (TPSA) is 57.4 Å². The molecule has 16 heteroatoms. The van der Waals surface area contributed by atoms with Gasteiger partial charge in [-0.25, -0.2) is 9.97 Å². The maximum absolute atomic E-state index is 9.50. The molecular formula is C52H42Br8F4N4. The van der Waals surface area contributed by atoms with Crippen LogP contribution in [0.3, 0.4) is 0 Å². The van der Waals surface area contributed by atoms with Gasteiger partial charge in [0.25, 0.3) is 0 Å². The van der Waals surface area contributed by atoms with Gasteiger partial charge < -0.3 is 9.97 Å². The van der Waals surface area contributed by atoms with Crippen molar-refractivity contribution >= 4 is 167 Å². The molecule has 8 bridgehead atoms. The number of fused-ring (bicyclic) bond motifs is 8. The highest BCUT2D eigenvalue weighted by molar-refractivity contribution is 9.18. The molecule has 9 rings (SSSR count). The third-order valence-electron chi connectivity index (χ3n) is 10.7. The Hall–Kier alpha value is -2.96. The van der Waals surface area contributed by atoms with Gasteiger partial charge >= 0.3 is 0 Å². The molecule has 4 nitrogen and oxygen atoms in total. The van der Waals surface area contributed by atoms with Gasteiger partial charge in [0.15, 0.2) is 0 Å². The first-order valence-corrected chi connectivity index (χ1v) is 26.7. The van der Waals surface area contributed by atoms with Gasteiger partial charge in [0.2, 0.25) is 0 Å². The zero-order valence-electron chi connectivity index (χ0n) is 36.8. The molecule has 68 heavy (non-hydrogen) atoms. The minimum absolute atomic E-state index is 0.500. The molecule has 0 saturated carbocycles. The number of benzene rings is 4. The summed E-state index contributed by atoms with van der Waals surface area (Å²) in [6, 6.07) is 42.1. The zero-order valence-corrected chi connectivity index (χ0v) is 49.5. The maximum atomic E-state index is 9.50. The fraction of sp³-hybridized carbons (Fsp3) is 0.154. The van der Waals surface area contributed by atoms with E-state index in [0.717, 1.165) is 120 Å². The number of aromatic amines is 2. The van der Waals surface area contributed by atoms with Crippen molar-refractivity contribution in [2.75, 3.05) is 28.7 Å². The second-order valence-electron chi connectivity index (χ2n) is 14.4. The van der Waals surface area contributed by atoms with E-state index in [1.807, 2.05) is 18.2 Å². The molecule has 0 aliphatic carbocycles. The van der Waals surface area contributed by atoms with Crippen LogP contribution in [-0.2, 0) is 25.7 Å². The van der Waals surface area contributed by atoms with Crippen LogP contribution in [0.5, 0.6) is 0 Å². The van der Waals surface area contributed by atoms with Crippen LogP contribution in [0.15, 0.2) is 139 Å². The van der Waals surface area contributed by atoms with Crippen LogP contribution in [-0.4, -0.2) is 48.6 Å². The highest BCUT2D eigenvalue weighted by Crippen LogP contribution is 2.49. The number of halogens is 12. The summed E-state index contributed by atoms with van der Waals surface area (Å²) in [6.07, 6.45) is 2.46. The first-order chi connectivity index (χ1) is 33.1. The van der Waals surface area contributed by atoms with E-state index in [1.54, 1.807) is 0 Å². The zero-order chi connectivity index (χ0) is 49.7. The number of rotatable bonds is 8. The van der Waals surface area contributed by atoms with Crippen LogP contribution >= 0.6 is 127 Å². The number of nitrogens with one attached hydrogen (secondary N) is 2. The van der Waals surface area contributed by atoms with E-state index in [-0.39, 0.29) is 0 Å². The summed E-state index contributed by atoms with van der Waals surface area (Å²) < 4.78 is 45.1. The predicted molar refractivity (Wildman–Crippen MR) is 306 cm³/mol. The number of hydrogen-bond donors (Lipinski definition) is 2. The minimum atomic E-state index is 0.500. The number of hydrogen-bond acceptors (Lipinski definition) is 2. The van der Waals surface area contributed by atoms with Crippen LogP contribution in [0.4, 0.5) is 17.6 Å². The van der Waals surface area contributed by atoms with Gasteiger partial charge in [-0.1, -0.05) is 121 Å². The van der Waals surface area contributed by atoms with E-state index in [4.69, 9.17) is 9.97 Å². The van der Waals surface area contributed by atoms with E-state index in [2.05, 4.69) is 241 Å². The Morgan fingerprint density at radius 3 is 0.779 bits per heavy atom. The Morgan fingerprint density at radius 2 is 0.515 bits per heavy atom. The van der Waals surface area contributed by atoms with Crippen molar-refractivity contribution in [2.45, 2.75) is 25.7 Å². The maximum Gasteiger partial charge on any atom is 0.0849 e. The Morgan fingerprint density at radius 1 is 0.309 bits per heavy atom. The molecule has 0 spiro atoms. The van der Waals surface area contributed by atoms with Crippen LogP contribution < -0.4 is 0 Å². The van der Waals surface area contributed by atoms with E-state index < -0.39 is 0 Å². The number of nitrogens with zero attached hydrogens (tertiary/aromatic N) is 2.